The van der Waals surface area contributed by atoms with Crippen LogP contribution in [0.3, 0.4) is 0 Å². The molecule has 3 aromatic rings. The summed E-state index contributed by atoms with van der Waals surface area (Å²) in [6.07, 6.45) is 0.943. The van der Waals surface area contributed by atoms with Gasteiger partial charge in [0.1, 0.15) is 11.6 Å². The molecule has 2 aromatic carbocycles. The van der Waals surface area contributed by atoms with Gasteiger partial charge in [0.25, 0.3) is 5.69 Å². The Morgan fingerprint density at radius 2 is 1.93 bits per heavy atom. The maximum absolute atomic E-state index is 12.7. The molecule has 1 amide bonds. The summed E-state index contributed by atoms with van der Waals surface area (Å²) in [5.74, 6) is 2.88. The Bertz CT molecular complexity index is 1080. The highest BCUT2D eigenvalue weighted by atomic mass is 32.2. The van der Waals surface area contributed by atoms with Gasteiger partial charge in [-0.15, -0.1) is 0 Å². The standard InChI is InChI=1S/C21H20N4O4S/c1-29-17-9-2-14(3-10-17)4-11-20(26)22-21-18-12-30-13-19(18)23-24(21)15-5-7-16(8-6-15)25(27)28/h2-3,5-10H,4,11-13H2,1H3,(H,22,26). The predicted molar refractivity (Wildman–Crippen MR) is 115 cm³/mol. The molecule has 0 atom stereocenters. The smallest absolute Gasteiger partial charge is 0.269 e. The van der Waals surface area contributed by atoms with Crippen LogP contribution in [-0.2, 0) is 22.7 Å². The maximum atomic E-state index is 12.7. The van der Waals surface area contributed by atoms with Crippen LogP contribution in [0.4, 0.5) is 11.5 Å². The third-order valence-corrected chi connectivity index (χ3v) is 5.88. The van der Waals surface area contributed by atoms with E-state index in [4.69, 9.17) is 4.74 Å². The monoisotopic (exact) mass is 424 g/mol. The highest BCUT2D eigenvalue weighted by Crippen LogP contribution is 2.36. The van der Waals surface area contributed by atoms with Gasteiger partial charge in [-0.1, -0.05) is 12.1 Å². The Morgan fingerprint density at radius 3 is 2.60 bits per heavy atom. The van der Waals surface area contributed by atoms with Crippen molar-refractivity contribution in [1.29, 1.82) is 0 Å². The molecule has 0 fully saturated rings. The van der Waals surface area contributed by atoms with Gasteiger partial charge in [0.05, 0.1) is 23.4 Å². The fraction of sp³-hybridized carbons (Fsp3) is 0.238. The number of carbonyl (C=O) groups is 1. The fourth-order valence-corrected chi connectivity index (χ4v) is 4.32. The summed E-state index contributed by atoms with van der Waals surface area (Å²) >= 11 is 1.75. The molecule has 0 aliphatic carbocycles. The van der Waals surface area contributed by atoms with E-state index in [-0.39, 0.29) is 11.6 Å². The number of hydrogen-bond donors (Lipinski definition) is 1. The van der Waals surface area contributed by atoms with Crippen molar-refractivity contribution in [1.82, 2.24) is 9.78 Å². The highest BCUT2D eigenvalue weighted by Gasteiger charge is 2.25. The number of anilines is 1. The Morgan fingerprint density at radius 1 is 1.20 bits per heavy atom. The van der Waals surface area contributed by atoms with E-state index in [1.807, 2.05) is 24.3 Å². The molecule has 1 aliphatic heterocycles. The number of nitrogens with zero attached hydrogens (tertiary/aromatic N) is 3. The van der Waals surface area contributed by atoms with E-state index in [0.717, 1.165) is 34.1 Å². The number of fused-ring (bicyclic) bond motifs is 1. The first-order valence-corrected chi connectivity index (χ1v) is 10.6. The van der Waals surface area contributed by atoms with Gasteiger partial charge in [-0.3, -0.25) is 14.9 Å². The van der Waals surface area contributed by atoms with Gasteiger partial charge < -0.3 is 10.1 Å². The molecule has 0 spiro atoms. The van der Waals surface area contributed by atoms with E-state index in [2.05, 4.69) is 10.4 Å². The molecule has 0 saturated carbocycles. The van der Waals surface area contributed by atoms with Crippen molar-refractivity contribution >= 4 is 29.2 Å². The number of benzene rings is 2. The lowest BCUT2D eigenvalue weighted by Gasteiger charge is -2.11. The number of aryl methyl sites for hydroxylation is 1. The van der Waals surface area contributed by atoms with Gasteiger partial charge in [-0.25, -0.2) is 4.68 Å². The summed E-state index contributed by atoms with van der Waals surface area (Å²) in [7, 11) is 1.62. The van der Waals surface area contributed by atoms with Crippen molar-refractivity contribution in [2.45, 2.75) is 24.3 Å². The number of rotatable bonds is 7. The third kappa shape index (κ3) is 4.16. The van der Waals surface area contributed by atoms with Crippen LogP contribution in [0.2, 0.25) is 0 Å². The van der Waals surface area contributed by atoms with Crippen LogP contribution in [0.25, 0.3) is 5.69 Å². The fourth-order valence-electron chi connectivity index (χ4n) is 3.29. The molecule has 0 bridgehead atoms. The second kappa shape index (κ2) is 8.58. The lowest BCUT2D eigenvalue weighted by molar-refractivity contribution is -0.384. The molecular weight excluding hydrogens is 404 g/mol. The van der Waals surface area contributed by atoms with Crippen molar-refractivity contribution < 1.29 is 14.5 Å². The Kier molecular flexibility index (Phi) is 5.71. The number of nitrogens with one attached hydrogen (secondary N) is 1. The van der Waals surface area contributed by atoms with E-state index < -0.39 is 4.92 Å². The molecular formula is C21H20N4O4S. The zero-order chi connectivity index (χ0) is 21.1. The quantitative estimate of drug-likeness (QED) is 0.453. The first-order chi connectivity index (χ1) is 14.5. The number of aromatic nitrogens is 2. The number of nitro groups is 1. The minimum Gasteiger partial charge on any atom is -0.497 e. The number of amides is 1. The molecule has 154 valence electrons. The van der Waals surface area contributed by atoms with Crippen molar-refractivity contribution in [2.24, 2.45) is 0 Å². The first kappa shape index (κ1) is 20.0. The molecule has 4 rings (SSSR count). The summed E-state index contributed by atoms with van der Waals surface area (Å²) in [4.78, 5) is 23.1. The van der Waals surface area contributed by atoms with E-state index in [0.29, 0.717) is 24.3 Å². The molecule has 1 aromatic heterocycles. The number of ether oxygens (including phenoxy) is 1. The van der Waals surface area contributed by atoms with Crippen molar-refractivity contribution in [3.8, 4) is 11.4 Å². The summed E-state index contributed by atoms with van der Waals surface area (Å²) in [5.41, 5.74) is 3.68. The molecule has 1 aliphatic rings. The number of thioether (sulfide) groups is 1. The SMILES string of the molecule is COc1ccc(CCC(=O)Nc2c3c(nn2-c2ccc([N+](=O)[O-])cc2)CSC3)cc1. The maximum Gasteiger partial charge on any atom is 0.269 e. The van der Waals surface area contributed by atoms with Gasteiger partial charge in [-0.05, 0) is 36.2 Å². The van der Waals surface area contributed by atoms with Crippen molar-refractivity contribution in [2.75, 3.05) is 12.4 Å². The zero-order valence-corrected chi connectivity index (χ0v) is 17.1. The van der Waals surface area contributed by atoms with Crippen LogP contribution in [0.1, 0.15) is 23.2 Å². The number of methoxy groups -OCH3 is 1. The second-order valence-electron chi connectivity index (χ2n) is 6.85. The lowest BCUT2D eigenvalue weighted by Crippen LogP contribution is -2.16. The molecule has 2 heterocycles. The molecule has 0 saturated heterocycles. The third-order valence-electron chi connectivity index (χ3n) is 4.91. The Hall–Kier alpha value is -3.33. The lowest BCUT2D eigenvalue weighted by atomic mass is 10.1. The van der Waals surface area contributed by atoms with Crippen LogP contribution < -0.4 is 10.1 Å². The number of carbonyl (C=O) groups excluding carboxylic acids is 1. The van der Waals surface area contributed by atoms with Gasteiger partial charge in [-0.2, -0.15) is 16.9 Å². The summed E-state index contributed by atoms with van der Waals surface area (Å²) in [5, 5.41) is 18.5. The van der Waals surface area contributed by atoms with Gasteiger partial charge in [0, 0.05) is 35.6 Å². The summed E-state index contributed by atoms with van der Waals surface area (Å²) in [6.45, 7) is 0. The van der Waals surface area contributed by atoms with E-state index in [9.17, 15) is 14.9 Å². The van der Waals surface area contributed by atoms with Crippen LogP contribution in [-0.4, -0.2) is 27.7 Å². The first-order valence-electron chi connectivity index (χ1n) is 9.41. The average Bonchev–Trinajstić information content (AvgIpc) is 3.35. The molecule has 0 radical (unpaired) electrons. The second-order valence-corrected chi connectivity index (χ2v) is 7.83. The van der Waals surface area contributed by atoms with Crippen LogP contribution >= 0.6 is 11.8 Å². The average molecular weight is 424 g/mol. The van der Waals surface area contributed by atoms with Gasteiger partial charge in [0.15, 0.2) is 0 Å². The van der Waals surface area contributed by atoms with E-state index >= 15 is 0 Å². The van der Waals surface area contributed by atoms with Crippen LogP contribution in [0, 0.1) is 10.1 Å². The molecule has 8 nitrogen and oxygen atoms in total. The molecule has 1 N–H and O–H groups in total. The number of non-ortho nitro benzene ring substituents is 1. The predicted octanol–water partition coefficient (Wildman–Crippen LogP) is 4.11. The van der Waals surface area contributed by atoms with Crippen molar-refractivity contribution in [3.63, 3.8) is 0 Å². The Labute approximate surface area is 177 Å². The number of nitro benzene ring substituents is 1. The summed E-state index contributed by atoms with van der Waals surface area (Å²) < 4.78 is 6.82. The largest absolute Gasteiger partial charge is 0.497 e. The molecule has 0 unspecified atom stereocenters. The van der Waals surface area contributed by atoms with Crippen molar-refractivity contribution in [3.05, 3.63) is 75.5 Å². The molecule has 9 heteroatoms. The zero-order valence-electron chi connectivity index (χ0n) is 16.3. The normalized spacial score (nSPS) is 12.4. The van der Waals surface area contributed by atoms with E-state index in [1.165, 1.54) is 12.1 Å². The van der Waals surface area contributed by atoms with Gasteiger partial charge >= 0.3 is 0 Å². The van der Waals surface area contributed by atoms with Crippen LogP contribution in [0.15, 0.2) is 48.5 Å². The highest BCUT2D eigenvalue weighted by molar-refractivity contribution is 7.98. The minimum absolute atomic E-state index is 0.0130. The van der Waals surface area contributed by atoms with Gasteiger partial charge in [0.2, 0.25) is 5.91 Å². The van der Waals surface area contributed by atoms with E-state index in [1.54, 1.807) is 35.7 Å². The number of hydrogen-bond acceptors (Lipinski definition) is 6. The van der Waals surface area contributed by atoms with Crippen LogP contribution in [0.5, 0.6) is 5.75 Å². The Balaban J connectivity index is 1.51. The minimum atomic E-state index is -0.439. The molecule has 30 heavy (non-hydrogen) atoms. The topological polar surface area (TPSA) is 99.3 Å². The summed E-state index contributed by atoms with van der Waals surface area (Å²) in [6, 6.07) is 13.8.